The van der Waals surface area contributed by atoms with Gasteiger partial charge in [-0.1, -0.05) is 29.8 Å². The number of anilines is 1. The molecule has 0 saturated carbocycles. The number of carbonyl (C=O) groups excluding carboxylic acids is 1. The van der Waals surface area contributed by atoms with Crippen molar-refractivity contribution in [3.05, 3.63) is 64.8 Å². The summed E-state index contributed by atoms with van der Waals surface area (Å²) in [5.41, 5.74) is -2.34. The molecule has 134 valence electrons. The van der Waals surface area contributed by atoms with Gasteiger partial charge in [-0.25, -0.2) is 0 Å². The number of benzene rings is 2. The molecule has 2 heterocycles. The van der Waals surface area contributed by atoms with Gasteiger partial charge in [0.1, 0.15) is 0 Å². The fraction of sp³-hybridized carbons (Fsp3) is 0.167. The number of alkyl halides is 3. The van der Waals surface area contributed by atoms with E-state index in [0.717, 1.165) is 0 Å². The zero-order chi connectivity index (χ0) is 18.5. The highest BCUT2D eigenvalue weighted by molar-refractivity contribution is 6.30. The number of H-pyrrole nitrogens is 1. The molecule has 4 rings (SSSR count). The molecule has 1 atom stereocenters. The van der Waals surface area contributed by atoms with Crippen molar-refractivity contribution in [2.75, 3.05) is 5.32 Å². The molecule has 0 saturated heterocycles. The van der Waals surface area contributed by atoms with Crippen molar-refractivity contribution < 1.29 is 22.7 Å². The third-order valence-corrected chi connectivity index (χ3v) is 4.57. The largest absolute Gasteiger partial charge is 0.455 e. The van der Waals surface area contributed by atoms with Gasteiger partial charge in [-0.3, -0.25) is 4.79 Å². The van der Waals surface area contributed by atoms with E-state index >= 15 is 0 Å². The Balaban J connectivity index is 1.95. The van der Waals surface area contributed by atoms with Gasteiger partial charge in [0.05, 0.1) is 12.1 Å². The molecule has 0 fully saturated rings. The Morgan fingerprint density at radius 1 is 1.12 bits per heavy atom. The van der Waals surface area contributed by atoms with Gasteiger partial charge in [0.2, 0.25) is 0 Å². The van der Waals surface area contributed by atoms with Crippen LogP contribution in [-0.4, -0.2) is 17.1 Å². The number of hydrogen-bond donors (Lipinski definition) is 2. The predicted octanol–water partition coefficient (Wildman–Crippen LogP) is 4.75. The normalized spacial score (nSPS) is 19.9. The quantitative estimate of drug-likeness (QED) is 0.631. The molecule has 0 spiro atoms. The highest BCUT2D eigenvalue weighted by atomic mass is 35.5. The van der Waals surface area contributed by atoms with E-state index in [1.54, 1.807) is 24.3 Å². The van der Waals surface area contributed by atoms with E-state index in [4.69, 9.17) is 16.3 Å². The van der Waals surface area contributed by atoms with Crippen LogP contribution in [0.5, 0.6) is 0 Å². The van der Waals surface area contributed by atoms with E-state index in [-0.39, 0.29) is 23.4 Å². The number of ether oxygens (including phenoxy) is 1. The van der Waals surface area contributed by atoms with E-state index in [1.165, 1.54) is 24.3 Å². The Kier molecular flexibility index (Phi) is 3.66. The van der Waals surface area contributed by atoms with E-state index in [1.807, 2.05) is 0 Å². The van der Waals surface area contributed by atoms with Crippen LogP contribution in [0.3, 0.4) is 0 Å². The molecule has 0 aliphatic carbocycles. The van der Waals surface area contributed by atoms with Crippen LogP contribution >= 0.6 is 11.6 Å². The molecular weight excluding hydrogens is 369 g/mol. The van der Waals surface area contributed by atoms with Crippen LogP contribution in [0, 0.1) is 0 Å². The number of esters is 1. The van der Waals surface area contributed by atoms with Gasteiger partial charge in [0, 0.05) is 21.6 Å². The summed E-state index contributed by atoms with van der Waals surface area (Å²) < 4.78 is 47.4. The number of cyclic esters (lactones) is 1. The standard InChI is InChI=1S/C18H12ClF3N2O2/c19-10-5-7-11(8-6-10)24-17(18(20,21)22)16-13(9-15(25)26-17)12-3-1-2-4-14(12)23-16/h1-8,23-24H,9H2. The number of aromatic amines is 1. The average molecular weight is 381 g/mol. The summed E-state index contributed by atoms with van der Waals surface area (Å²) in [4.78, 5) is 14.9. The molecule has 3 aromatic rings. The summed E-state index contributed by atoms with van der Waals surface area (Å²) in [7, 11) is 0. The Labute approximate surface area is 150 Å². The van der Waals surface area contributed by atoms with Gasteiger partial charge in [-0.2, -0.15) is 13.2 Å². The van der Waals surface area contributed by atoms with Crippen molar-refractivity contribution in [2.45, 2.75) is 18.3 Å². The van der Waals surface area contributed by atoms with Gasteiger partial charge < -0.3 is 15.0 Å². The second kappa shape index (κ2) is 5.67. The summed E-state index contributed by atoms with van der Waals surface area (Å²) in [5, 5.41) is 3.29. The Hall–Kier alpha value is -2.67. The predicted molar refractivity (Wildman–Crippen MR) is 90.9 cm³/mol. The summed E-state index contributed by atoms with van der Waals surface area (Å²) >= 11 is 5.80. The summed E-state index contributed by atoms with van der Waals surface area (Å²) in [6.07, 6.45) is -5.14. The molecule has 1 aliphatic rings. The third-order valence-electron chi connectivity index (χ3n) is 4.32. The molecule has 4 nitrogen and oxygen atoms in total. The fourth-order valence-corrected chi connectivity index (χ4v) is 3.31. The van der Waals surface area contributed by atoms with Crippen LogP contribution in [0.15, 0.2) is 48.5 Å². The van der Waals surface area contributed by atoms with Gasteiger partial charge in [-0.05, 0) is 35.9 Å². The zero-order valence-electron chi connectivity index (χ0n) is 13.2. The number of rotatable bonds is 2. The van der Waals surface area contributed by atoms with E-state index < -0.39 is 17.9 Å². The van der Waals surface area contributed by atoms with Crippen molar-refractivity contribution in [3.63, 3.8) is 0 Å². The lowest BCUT2D eigenvalue weighted by atomic mass is 9.96. The number of carbonyl (C=O) groups is 1. The molecule has 8 heteroatoms. The molecule has 2 N–H and O–H groups in total. The Bertz CT molecular complexity index is 998. The number of aromatic nitrogens is 1. The van der Waals surface area contributed by atoms with Gasteiger partial charge >= 0.3 is 17.9 Å². The maximum Gasteiger partial charge on any atom is 0.455 e. The lowest BCUT2D eigenvalue weighted by molar-refractivity contribution is -0.269. The molecule has 1 aromatic heterocycles. The minimum atomic E-state index is -4.90. The second-order valence-corrected chi connectivity index (χ2v) is 6.42. The van der Waals surface area contributed by atoms with Crippen molar-refractivity contribution >= 4 is 34.2 Å². The highest BCUT2D eigenvalue weighted by Gasteiger charge is 2.64. The lowest BCUT2D eigenvalue weighted by Crippen LogP contribution is -2.55. The first-order chi connectivity index (χ1) is 12.3. The van der Waals surface area contributed by atoms with Crippen molar-refractivity contribution in [1.29, 1.82) is 0 Å². The number of fused-ring (bicyclic) bond motifs is 3. The number of hydrogen-bond acceptors (Lipinski definition) is 3. The first-order valence-corrected chi connectivity index (χ1v) is 8.10. The number of nitrogens with one attached hydrogen (secondary N) is 2. The first-order valence-electron chi connectivity index (χ1n) is 7.72. The molecule has 0 radical (unpaired) electrons. The minimum Gasteiger partial charge on any atom is -0.423 e. The summed E-state index contributed by atoms with van der Waals surface area (Å²) in [5.74, 6) is -0.957. The molecule has 0 amide bonds. The van der Waals surface area contributed by atoms with Crippen LogP contribution in [0.1, 0.15) is 11.3 Å². The topological polar surface area (TPSA) is 54.1 Å². The minimum absolute atomic E-state index is 0.117. The highest BCUT2D eigenvalue weighted by Crippen LogP contribution is 2.47. The smallest absolute Gasteiger partial charge is 0.423 e. The Morgan fingerprint density at radius 2 is 1.81 bits per heavy atom. The van der Waals surface area contributed by atoms with Crippen molar-refractivity contribution in [2.24, 2.45) is 0 Å². The fourth-order valence-electron chi connectivity index (χ4n) is 3.18. The summed E-state index contributed by atoms with van der Waals surface area (Å²) in [6.45, 7) is 0. The van der Waals surface area contributed by atoms with Crippen LogP contribution in [0.4, 0.5) is 18.9 Å². The van der Waals surface area contributed by atoms with Crippen LogP contribution < -0.4 is 5.32 Å². The first kappa shape index (κ1) is 16.8. The third kappa shape index (κ3) is 2.50. The maximum atomic E-state index is 14.2. The maximum absolute atomic E-state index is 14.2. The van der Waals surface area contributed by atoms with Crippen LogP contribution in [0.2, 0.25) is 5.02 Å². The van der Waals surface area contributed by atoms with E-state index in [2.05, 4.69) is 10.3 Å². The molecule has 2 aromatic carbocycles. The van der Waals surface area contributed by atoms with Crippen molar-refractivity contribution in [3.8, 4) is 0 Å². The van der Waals surface area contributed by atoms with E-state index in [9.17, 15) is 18.0 Å². The van der Waals surface area contributed by atoms with Gasteiger partial charge in [0.25, 0.3) is 0 Å². The SMILES string of the molecule is O=C1Cc2c([nH]c3ccccc23)C(Nc2ccc(Cl)cc2)(C(F)(F)F)O1. The summed E-state index contributed by atoms with van der Waals surface area (Å²) in [6, 6.07) is 12.4. The average Bonchev–Trinajstić information content (AvgIpc) is 2.95. The molecule has 1 unspecified atom stereocenters. The van der Waals surface area contributed by atoms with Gasteiger partial charge in [-0.15, -0.1) is 0 Å². The zero-order valence-corrected chi connectivity index (χ0v) is 13.9. The lowest BCUT2D eigenvalue weighted by Gasteiger charge is -2.38. The van der Waals surface area contributed by atoms with Gasteiger partial charge in [0.15, 0.2) is 0 Å². The monoisotopic (exact) mass is 380 g/mol. The molecular formula is C18H12ClF3N2O2. The Morgan fingerprint density at radius 3 is 2.50 bits per heavy atom. The molecule has 1 aliphatic heterocycles. The van der Waals surface area contributed by atoms with Crippen LogP contribution in [0.25, 0.3) is 10.9 Å². The van der Waals surface area contributed by atoms with Crippen LogP contribution in [-0.2, 0) is 21.7 Å². The van der Waals surface area contributed by atoms with E-state index in [0.29, 0.717) is 15.9 Å². The van der Waals surface area contributed by atoms with Crippen molar-refractivity contribution in [1.82, 2.24) is 4.98 Å². The second-order valence-electron chi connectivity index (χ2n) is 5.99. The number of halogens is 4. The number of para-hydroxylation sites is 1. The molecule has 0 bridgehead atoms. The molecule has 26 heavy (non-hydrogen) atoms.